The Balaban J connectivity index is 0.000000645. The zero-order valence-corrected chi connectivity index (χ0v) is 70.6. The average molecular weight is 1540 g/mol. The van der Waals surface area contributed by atoms with Crippen LogP contribution in [0.15, 0.2) is 128 Å². The zero-order chi connectivity index (χ0) is 77.2. The quantitative estimate of drug-likeness (QED) is 0.0116. The normalized spacial score (nSPS) is 11.6. The lowest BCUT2D eigenvalue weighted by Crippen LogP contribution is -2.56. The largest absolute Gasteiger partial charge is 0.537 e. The van der Waals surface area contributed by atoms with Crippen LogP contribution in [0.25, 0.3) is 0 Å². The maximum Gasteiger partial charge on any atom is 0.537 e. The number of ether oxygens (including phenoxy) is 7. The van der Waals surface area contributed by atoms with Crippen LogP contribution in [0, 0.1) is 0 Å². The first-order valence-corrected chi connectivity index (χ1v) is 44.5. The number of hydrogen-bond donors (Lipinski definition) is 0. The predicted molar refractivity (Wildman–Crippen MR) is 410 cm³/mol. The van der Waals surface area contributed by atoms with Gasteiger partial charge in [0.2, 0.25) is 0 Å². The Hall–Kier alpha value is -5.74. The predicted octanol–water partition coefficient (Wildman–Crippen LogP) is 13.2. The summed E-state index contributed by atoms with van der Waals surface area (Å²) in [7, 11) is -9.01. The van der Waals surface area contributed by atoms with Crippen LogP contribution in [0.3, 0.4) is 0 Å². The van der Waals surface area contributed by atoms with Crippen LogP contribution in [-0.2, 0) is 88.0 Å². The zero-order valence-electron chi connectivity index (χ0n) is 65.6. The Morgan fingerprint density at radius 3 is 0.854 bits per heavy atom. The first-order valence-electron chi connectivity index (χ1n) is 35.5. The summed E-state index contributed by atoms with van der Waals surface area (Å²) in [5, 5.41) is 2.62. The molecule has 0 N–H and O–H groups in total. The topological polar surface area (TPSA) is 237 Å². The van der Waals surface area contributed by atoms with Crippen molar-refractivity contribution in [1.29, 1.82) is 0 Å². The molecule has 5 rings (SSSR count). The van der Waals surface area contributed by atoms with E-state index in [1.807, 2.05) is 183 Å². The van der Waals surface area contributed by atoms with E-state index in [0.29, 0.717) is 123 Å². The molecule has 0 heterocycles. The molecule has 0 saturated carbocycles. The van der Waals surface area contributed by atoms with Crippen molar-refractivity contribution in [3.8, 4) is 34.5 Å². The summed E-state index contributed by atoms with van der Waals surface area (Å²) >= 11 is 0. The van der Waals surface area contributed by atoms with Crippen LogP contribution in [0.4, 0.5) is 4.79 Å². The molecule has 582 valence electrons. The van der Waals surface area contributed by atoms with Gasteiger partial charge in [-0.25, -0.2) is 4.79 Å². The number of hydrogen-bond acceptors (Lipinski definition) is 24. The third-order valence-electron chi connectivity index (χ3n) is 13.3. The highest BCUT2D eigenvalue weighted by Gasteiger charge is 2.46. The molecule has 0 atom stereocenters. The van der Waals surface area contributed by atoms with Gasteiger partial charge >= 0.3 is 56.1 Å². The molecule has 0 amide bonds. The molecule has 0 radical (unpaired) electrons. The second-order valence-corrected chi connectivity index (χ2v) is 34.8. The maximum atomic E-state index is 11.7. The first kappa shape index (κ1) is 95.3. The average Bonchev–Trinajstić information content (AvgIpc) is 0.805. The molecule has 0 aliphatic carbocycles. The van der Waals surface area contributed by atoms with Gasteiger partial charge < -0.3 is 99.5 Å². The Bertz CT molecular complexity index is 2910. The van der Waals surface area contributed by atoms with E-state index in [4.69, 9.17) is 99.5 Å². The number of carbonyl (C=O) groups excluding carboxylic acids is 2. The van der Waals surface area contributed by atoms with E-state index in [-0.39, 0.29) is 5.97 Å². The highest BCUT2D eigenvalue weighted by atomic mass is 28.4. The monoisotopic (exact) mass is 1530 g/mol. The molecule has 103 heavy (non-hydrogen) atoms. The van der Waals surface area contributed by atoms with E-state index in [1.165, 1.54) is 13.2 Å². The van der Waals surface area contributed by atoms with Crippen LogP contribution < -0.4 is 44.0 Å². The van der Waals surface area contributed by atoms with Crippen molar-refractivity contribution in [3.05, 3.63) is 139 Å². The van der Waals surface area contributed by atoms with Crippen LogP contribution >= 0.6 is 0 Å². The van der Waals surface area contributed by atoms with Gasteiger partial charge in [-0.3, -0.25) is 4.79 Å². The Morgan fingerprint density at radius 1 is 0.340 bits per heavy atom. The van der Waals surface area contributed by atoms with Crippen LogP contribution in [-0.4, -0.2) is 182 Å². The maximum absolute atomic E-state index is 11.7. The fourth-order valence-electron chi connectivity index (χ4n) is 9.74. The van der Waals surface area contributed by atoms with Crippen LogP contribution in [0.1, 0.15) is 143 Å². The van der Waals surface area contributed by atoms with E-state index in [0.717, 1.165) is 49.7 Å². The molecule has 0 spiro atoms. The standard InChI is InChI=1S/C17H28O6Si.C15H26O5Si.C14H22O5Si.C14H24O4Si.C14H22O4Si/c1-7-19-24(20-8-2,21-9-3)15-12-10-14(11-13-15)22-16(18)23-17(4,5)6;1-6-18-21(19-7-2,20-8-3)12-13-9-14(16-4)11-15(10-13)17-5;1-5-16-20(17-6-2,18-7-3)14-10-8-13(9-11-14)19-12(4)15;1-5-16-19(17-6-2,18-7-3)12-13-8-10-14(15-4)11-9-13;1-5-15-13-9-11-14(12-10-13)19(16-6-2,17-7-3)18-8-4/h10-13H,7-9H2,1-6H3;9-11H,6-8,12H2,1-5H3;8-11H,5-7H2,1-4H3;8-11H,5-7,12H2,1-4H3;5,9-12H,1,6-8H2,2-4H3. The third-order valence-corrected chi connectivity index (χ3v) is 28.5. The van der Waals surface area contributed by atoms with Crippen molar-refractivity contribution in [3.63, 3.8) is 0 Å². The molecule has 24 nitrogen and oxygen atoms in total. The lowest BCUT2D eigenvalue weighted by molar-refractivity contribution is -0.131. The Labute approximate surface area is 621 Å². The minimum Gasteiger partial charge on any atom is -0.497 e. The van der Waals surface area contributed by atoms with Gasteiger partial charge in [0.25, 0.3) is 0 Å². The van der Waals surface area contributed by atoms with Crippen molar-refractivity contribution in [1.82, 2.24) is 0 Å². The molecule has 0 fully saturated rings. The van der Waals surface area contributed by atoms with Crippen molar-refractivity contribution in [2.75, 3.05) is 120 Å². The number of esters is 1. The van der Waals surface area contributed by atoms with E-state index in [1.54, 1.807) is 78.5 Å². The second kappa shape index (κ2) is 53.1. The molecule has 5 aromatic carbocycles. The Morgan fingerprint density at radius 2 is 0.602 bits per heavy atom. The van der Waals surface area contributed by atoms with Crippen molar-refractivity contribution >= 4 is 71.7 Å². The fraction of sp³-hybridized carbons (Fsp3) is 0.541. The van der Waals surface area contributed by atoms with Gasteiger partial charge in [-0.1, -0.05) is 55.1 Å². The van der Waals surface area contributed by atoms with Gasteiger partial charge in [-0.05, 0) is 196 Å². The molecule has 5 aromatic rings. The fourth-order valence-corrected chi connectivity index (χ4v) is 22.3. The van der Waals surface area contributed by atoms with Crippen molar-refractivity contribution < 1.29 is 109 Å². The molecule has 0 aliphatic heterocycles. The lowest BCUT2D eigenvalue weighted by Gasteiger charge is -2.28. The van der Waals surface area contributed by atoms with Crippen molar-refractivity contribution in [2.24, 2.45) is 0 Å². The van der Waals surface area contributed by atoms with Gasteiger partial charge in [-0.15, -0.1) is 0 Å². The van der Waals surface area contributed by atoms with Crippen LogP contribution in [0.2, 0.25) is 0 Å². The minimum absolute atomic E-state index is 0.347. The smallest absolute Gasteiger partial charge is 0.497 e. The van der Waals surface area contributed by atoms with Gasteiger partial charge in [0.15, 0.2) is 0 Å². The summed E-state index contributed by atoms with van der Waals surface area (Å²) in [5.74, 6) is 3.61. The van der Waals surface area contributed by atoms with Crippen molar-refractivity contribution in [2.45, 2.75) is 149 Å². The first-order chi connectivity index (χ1) is 49.4. The van der Waals surface area contributed by atoms with Gasteiger partial charge in [0.05, 0.1) is 27.6 Å². The minimum atomic E-state index is -2.94. The molecule has 0 saturated heterocycles. The van der Waals surface area contributed by atoms with Gasteiger partial charge in [0.1, 0.15) is 40.1 Å². The lowest BCUT2D eigenvalue weighted by atomic mass is 10.2. The Kier molecular flexibility index (Phi) is 49.1. The molecule has 0 unspecified atom stereocenters. The molecule has 0 aromatic heterocycles. The van der Waals surface area contributed by atoms with Gasteiger partial charge in [-0.2, -0.15) is 0 Å². The number of rotatable bonds is 44. The summed E-state index contributed by atoms with van der Waals surface area (Å²) < 4.78 is 124. The second-order valence-electron chi connectivity index (χ2n) is 22.0. The summed E-state index contributed by atoms with van der Waals surface area (Å²) in [6.07, 6.45) is 0.658. The van der Waals surface area contributed by atoms with Gasteiger partial charge in [0, 0.05) is 140 Å². The summed E-state index contributed by atoms with van der Waals surface area (Å²) in [6, 6.07) is 36.6. The van der Waals surface area contributed by atoms with Crippen LogP contribution in [0.5, 0.6) is 34.5 Å². The summed E-state index contributed by atoms with van der Waals surface area (Å²) in [4.78, 5) is 22.6. The molecule has 0 aliphatic rings. The molecular formula is C74H122O24Si5. The molecule has 29 heteroatoms. The molecular weight excluding hydrogens is 1410 g/mol. The van der Waals surface area contributed by atoms with E-state index in [9.17, 15) is 9.59 Å². The third kappa shape index (κ3) is 35.0. The van der Waals surface area contributed by atoms with E-state index >= 15 is 0 Å². The highest BCUT2D eigenvalue weighted by molar-refractivity contribution is 6.76. The SMILES string of the molecule is C=COc1ccc([Si](OCC)(OCC)OCC)cc1.CCO[Si](Cc1cc(OC)cc(OC)c1)(OCC)OCC.CCO[Si](Cc1ccc(OC)cc1)(OCC)OCC.CCO[Si](OCC)(OCC)c1ccc(OC(=O)OC(C)(C)C)cc1.CCO[Si](OCC)(OCC)c1ccc(OC(C)=O)cc1. The highest BCUT2D eigenvalue weighted by Crippen LogP contribution is 2.27. The van der Waals surface area contributed by atoms with E-state index in [2.05, 4.69) is 6.58 Å². The van der Waals surface area contributed by atoms with E-state index < -0.39 is 55.8 Å². The number of carbonyl (C=O) groups is 2. The molecule has 0 bridgehead atoms. The summed E-state index contributed by atoms with van der Waals surface area (Å²) in [6.45, 7) is 47.4. The summed E-state index contributed by atoms with van der Waals surface area (Å²) in [5.41, 5.74) is 1.56. The number of methoxy groups -OCH3 is 3. The number of benzene rings is 5.